The van der Waals surface area contributed by atoms with Gasteiger partial charge in [0.15, 0.2) is 11.6 Å². The summed E-state index contributed by atoms with van der Waals surface area (Å²) in [6.45, 7) is 3.76. The minimum Gasteiger partial charge on any atom is -0.324 e. The summed E-state index contributed by atoms with van der Waals surface area (Å²) in [5.74, 6) is 0.938. The number of hydrogen-bond donors (Lipinski definition) is 0. The quantitative estimate of drug-likeness (QED) is 0.577. The minimum atomic E-state index is -4.51. The van der Waals surface area contributed by atoms with Crippen molar-refractivity contribution in [3.63, 3.8) is 0 Å². The van der Waals surface area contributed by atoms with Crippen LogP contribution in [0, 0.1) is 13.8 Å². The number of hydrogen-bond acceptors (Lipinski definition) is 4. The van der Waals surface area contributed by atoms with Gasteiger partial charge in [0.1, 0.15) is 5.69 Å². The van der Waals surface area contributed by atoms with Gasteiger partial charge >= 0.3 is 6.18 Å². The number of piperidine rings is 1. The van der Waals surface area contributed by atoms with Crippen molar-refractivity contribution in [1.29, 1.82) is 0 Å². The number of halogens is 3. The van der Waals surface area contributed by atoms with Gasteiger partial charge in [0.25, 0.3) is 5.91 Å². The molecule has 32 heavy (non-hydrogen) atoms. The minimum absolute atomic E-state index is 0.0419. The van der Waals surface area contributed by atoms with E-state index in [0.717, 1.165) is 30.3 Å². The molecule has 0 saturated carbocycles. The molecule has 2 aromatic heterocycles. The first-order valence-corrected chi connectivity index (χ1v) is 10.6. The highest BCUT2D eigenvalue weighted by Gasteiger charge is 2.44. The van der Waals surface area contributed by atoms with E-state index in [9.17, 15) is 18.0 Å². The molecule has 2 bridgehead atoms. The van der Waals surface area contributed by atoms with E-state index in [2.05, 4.69) is 15.2 Å². The normalized spacial score (nSPS) is 20.2. The molecule has 2 aliphatic heterocycles. The van der Waals surface area contributed by atoms with Crippen LogP contribution in [0.25, 0.3) is 11.5 Å². The summed E-state index contributed by atoms with van der Waals surface area (Å²) in [6, 6.07) is 9.03. The molecule has 0 spiro atoms. The third kappa shape index (κ3) is 3.27. The molecule has 0 aliphatic carbocycles. The Kier molecular flexibility index (Phi) is 4.79. The van der Waals surface area contributed by atoms with Gasteiger partial charge in [-0.25, -0.2) is 4.98 Å². The second-order valence-corrected chi connectivity index (χ2v) is 8.45. The van der Waals surface area contributed by atoms with Crippen LogP contribution in [0.5, 0.6) is 0 Å². The summed E-state index contributed by atoms with van der Waals surface area (Å²) in [7, 11) is 0. The predicted molar refractivity (Wildman–Crippen MR) is 111 cm³/mol. The highest BCUT2D eigenvalue weighted by atomic mass is 19.4. The smallest absolute Gasteiger partial charge is 0.324 e. The fourth-order valence-electron chi connectivity index (χ4n) is 4.94. The van der Waals surface area contributed by atoms with Gasteiger partial charge in [-0.15, -0.1) is 10.2 Å². The standard InChI is InChI=1S/C23H22F3N5O/c1-13-6-3-10-18(27-13)20-28-29-21-19-11-4-7-15(12-30(20)21)31(19)22(32)16-8-5-9-17(14(16)2)23(24,25)26/h3,5-6,8-10,15,19H,4,7,11-12H2,1-2H3. The van der Waals surface area contributed by atoms with Crippen molar-refractivity contribution in [3.8, 4) is 11.5 Å². The average molecular weight is 441 g/mol. The van der Waals surface area contributed by atoms with E-state index in [1.54, 1.807) is 4.90 Å². The molecule has 9 heteroatoms. The van der Waals surface area contributed by atoms with Crippen LogP contribution < -0.4 is 0 Å². The summed E-state index contributed by atoms with van der Waals surface area (Å²) in [6.07, 6.45) is -2.11. The molecule has 2 atom stereocenters. The number of aromatic nitrogens is 4. The Morgan fingerprint density at radius 1 is 1.06 bits per heavy atom. The maximum atomic E-state index is 13.5. The number of fused-ring (bicyclic) bond motifs is 4. The number of amides is 1. The topological polar surface area (TPSA) is 63.9 Å². The second kappa shape index (κ2) is 7.43. The number of benzene rings is 1. The van der Waals surface area contributed by atoms with Crippen molar-refractivity contribution in [2.45, 2.75) is 57.9 Å². The van der Waals surface area contributed by atoms with E-state index in [1.165, 1.54) is 19.1 Å². The highest BCUT2D eigenvalue weighted by Crippen LogP contribution is 2.41. The molecule has 3 aromatic rings. The molecule has 1 amide bonds. The van der Waals surface area contributed by atoms with Crippen molar-refractivity contribution in [1.82, 2.24) is 24.6 Å². The van der Waals surface area contributed by atoms with E-state index in [4.69, 9.17) is 0 Å². The number of aryl methyl sites for hydroxylation is 1. The lowest BCUT2D eigenvalue weighted by Crippen LogP contribution is -2.52. The zero-order valence-corrected chi connectivity index (χ0v) is 17.7. The monoisotopic (exact) mass is 441 g/mol. The number of carbonyl (C=O) groups is 1. The van der Waals surface area contributed by atoms with Crippen molar-refractivity contribution in [2.24, 2.45) is 0 Å². The van der Waals surface area contributed by atoms with E-state index in [-0.39, 0.29) is 29.1 Å². The zero-order valence-electron chi connectivity index (χ0n) is 17.7. The summed E-state index contributed by atoms with van der Waals surface area (Å²) in [5.41, 5.74) is 0.856. The van der Waals surface area contributed by atoms with Crippen LogP contribution in [0.3, 0.4) is 0 Å². The second-order valence-electron chi connectivity index (χ2n) is 8.45. The lowest BCUT2D eigenvalue weighted by molar-refractivity contribution is -0.138. The van der Waals surface area contributed by atoms with E-state index in [0.29, 0.717) is 24.6 Å². The maximum Gasteiger partial charge on any atom is 0.416 e. The fourth-order valence-corrected chi connectivity index (χ4v) is 4.94. The molecule has 166 valence electrons. The van der Waals surface area contributed by atoms with Crippen LogP contribution in [0.15, 0.2) is 36.4 Å². The Bertz CT molecular complexity index is 1200. The van der Waals surface area contributed by atoms with Crippen LogP contribution in [0.1, 0.15) is 58.3 Å². The summed E-state index contributed by atoms with van der Waals surface area (Å²) in [4.78, 5) is 19.8. The molecule has 0 N–H and O–H groups in total. The van der Waals surface area contributed by atoms with Crippen molar-refractivity contribution in [2.75, 3.05) is 0 Å². The number of carbonyl (C=O) groups excluding carboxylic acids is 1. The lowest BCUT2D eigenvalue weighted by Gasteiger charge is -2.46. The number of pyridine rings is 1. The molecule has 4 heterocycles. The fraction of sp³-hybridized carbons (Fsp3) is 0.391. The predicted octanol–water partition coefficient (Wildman–Crippen LogP) is 4.73. The lowest BCUT2D eigenvalue weighted by atomic mass is 9.90. The van der Waals surface area contributed by atoms with Crippen molar-refractivity contribution >= 4 is 5.91 Å². The molecule has 1 aromatic carbocycles. The summed E-state index contributed by atoms with van der Waals surface area (Å²) >= 11 is 0. The third-order valence-electron chi connectivity index (χ3n) is 6.44. The molecular formula is C23H22F3N5O. The molecule has 0 radical (unpaired) electrons. The van der Waals surface area contributed by atoms with Crippen LogP contribution in [-0.4, -0.2) is 36.6 Å². The van der Waals surface area contributed by atoms with Gasteiger partial charge in [-0.1, -0.05) is 12.1 Å². The van der Waals surface area contributed by atoms with Crippen molar-refractivity contribution < 1.29 is 18.0 Å². The van der Waals surface area contributed by atoms with Crippen LogP contribution in [0.4, 0.5) is 13.2 Å². The number of rotatable bonds is 2. The Hall–Kier alpha value is -3.23. The molecule has 1 fully saturated rings. The first-order chi connectivity index (χ1) is 15.3. The summed E-state index contributed by atoms with van der Waals surface area (Å²) in [5, 5.41) is 8.75. The Labute approximate surface area is 183 Å². The molecule has 1 saturated heterocycles. The number of alkyl halides is 3. The highest BCUT2D eigenvalue weighted by molar-refractivity contribution is 5.96. The van der Waals surface area contributed by atoms with Gasteiger partial charge in [-0.05, 0) is 62.9 Å². The van der Waals surface area contributed by atoms with Gasteiger partial charge in [0.05, 0.1) is 17.6 Å². The van der Waals surface area contributed by atoms with Crippen LogP contribution in [-0.2, 0) is 12.7 Å². The van der Waals surface area contributed by atoms with Gasteiger partial charge in [-0.2, -0.15) is 13.2 Å². The summed E-state index contributed by atoms with van der Waals surface area (Å²) < 4.78 is 42.2. The largest absolute Gasteiger partial charge is 0.416 e. The molecule has 6 nitrogen and oxygen atoms in total. The zero-order chi connectivity index (χ0) is 22.6. The molecule has 5 rings (SSSR count). The van der Waals surface area contributed by atoms with E-state index >= 15 is 0 Å². The van der Waals surface area contributed by atoms with Crippen LogP contribution >= 0.6 is 0 Å². The maximum absolute atomic E-state index is 13.5. The van der Waals surface area contributed by atoms with Crippen molar-refractivity contribution in [3.05, 3.63) is 64.6 Å². The first kappa shape index (κ1) is 20.7. The first-order valence-electron chi connectivity index (χ1n) is 10.6. The Morgan fingerprint density at radius 3 is 2.59 bits per heavy atom. The van der Waals surface area contributed by atoms with Gasteiger partial charge in [-0.3, -0.25) is 4.79 Å². The Morgan fingerprint density at radius 2 is 1.84 bits per heavy atom. The van der Waals surface area contributed by atoms with Gasteiger partial charge in [0.2, 0.25) is 0 Å². The van der Waals surface area contributed by atoms with Gasteiger partial charge in [0, 0.05) is 17.8 Å². The SMILES string of the molecule is Cc1cccc(-c2nnc3n2CC2CCCC3N2C(=O)c2cccc(C(F)(F)F)c2C)n1. The van der Waals surface area contributed by atoms with E-state index < -0.39 is 11.7 Å². The Balaban J connectivity index is 1.55. The third-order valence-corrected chi connectivity index (χ3v) is 6.44. The van der Waals surface area contributed by atoms with Gasteiger partial charge < -0.3 is 9.47 Å². The number of nitrogens with zero attached hydrogens (tertiary/aromatic N) is 5. The van der Waals surface area contributed by atoms with E-state index in [1.807, 2.05) is 29.7 Å². The average Bonchev–Trinajstić information content (AvgIpc) is 3.16. The molecule has 2 aliphatic rings. The van der Waals surface area contributed by atoms with Crippen LogP contribution in [0.2, 0.25) is 0 Å². The molecular weight excluding hydrogens is 419 g/mol. The molecule has 2 unspecified atom stereocenters.